The van der Waals surface area contributed by atoms with Gasteiger partial charge >= 0.3 is 0 Å². The van der Waals surface area contributed by atoms with Gasteiger partial charge in [-0.15, -0.1) is 11.3 Å². The van der Waals surface area contributed by atoms with Crippen LogP contribution >= 0.6 is 11.3 Å². The van der Waals surface area contributed by atoms with E-state index in [0.29, 0.717) is 18.2 Å². The van der Waals surface area contributed by atoms with E-state index in [9.17, 15) is 0 Å². The Hall–Kier alpha value is -0.490. The van der Waals surface area contributed by atoms with Crippen LogP contribution in [0.25, 0.3) is 0 Å². The van der Waals surface area contributed by atoms with Gasteiger partial charge in [0, 0.05) is 30.8 Å². The van der Waals surface area contributed by atoms with Crippen molar-refractivity contribution >= 4 is 11.3 Å². The molecule has 2 aliphatic heterocycles. The van der Waals surface area contributed by atoms with Crippen LogP contribution in [0.3, 0.4) is 0 Å². The Balaban J connectivity index is 1.25. The molecule has 1 aromatic heterocycles. The molecule has 1 aromatic rings. The summed E-state index contributed by atoms with van der Waals surface area (Å²) in [7, 11) is 0. The molecule has 0 spiro atoms. The zero-order chi connectivity index (χ0) is 14.1. The Morgan fingerprint density at radius 2 is 2.19 bits per heavy atom. The molecule has 0 bridgehead atoms. The van der Waals surface area contributed by atoms with Crippen molar-refractivity contribution < 1.29 is 9.47 Å². The third kappa shape index (κ3) is 3.47. The van der Waals surface area contributed by atoms with Crippen LogP contribution in [0.15, 0.2) is 11.6 Å². The Bertz CT molecular complexity index is 449. The summed E-state index contributed by atoms with van der Waals surface area (Å²) in [6.45, 7) is 3.88. The van der Waals surface area contributed by atoms with Crippen molar-refractivity contribution in [3.05, 3.63) is 16.6 Å². The van der Waals surface area contributed by atoms with Gasteiger partial charge in [-0.3, -0.25) is 4.90 Å². The van der Waals surface area contributed by atoms with Gasteiger partial charge < -0.3 is 9.47 Å². The molecule has 3 aliphatic rings. The quantitative estimate of drug-likeness (QED) is 0.809. The molecule has 2 saturated heterocycles. The highest BCUT2D eigenvalue weighted by atomic mass is 32.1. The molecule has 116 valence electrons. The largest absolute Gasteiger partial charge is 0.378 e. The van der Waals surface area contributed by atoms with Gasteiger partial charge in [0.05, 0.1) is 25.4 Å². The van der Waals surface area contributed by atoms with Crippen molar-refractivity contribution in [2.24, 2.45) is 5.92 Å². The van der Waals surface area contributed by atoms with Crippen molar-refractivity contribution in [1.82, 2.24) is 9.88 Å². The van der Waals surface area contributed by atoms with Crippen molar-refractivity contribution in [2.75, 3.05) is 19.8 Å². The molecule has 0 N–H and O–H groups in total. The van der Waals surface area contributed by atoms with E-state index < -0.39 is 0 Å². The second kappa shape index (κ2) is 6.32. The van der Waals surface area contributed by atoms with E-state index in [1.165, 1.54) is 24.3 Å². The average molecular weight is 308 g/mol. The monoisotopic (exact) mass is 308 g/mol. The number of ether oxygens (including phenoxy) is 2. The molecule has 3 heterocycles. The average Bonchev–Trinajstić information content (AvgIpc) is 3.03. The third-order valence-corrected chi connectivity index (χ3v) is 5.69. The fraction of sp³-hybridized carbons (Fsp3) is 0.812. The fourth-order valence-electron chi connectivity index (χ4n) is 3.56. The first-order valence-electron chi connectivity index (χ1n) is 8.24. The minimum Gasteiger partial charge on any atom is -0.378 e. The summed E-state index contributed by atoms with van der Waals surface area (Å²) in [6, 6.07) is 0.591. The van der Waals surface area contributed by atoms with Gasteiger partial charge in [0.15, 0.2) is 0 Å². The van der Waals surface area contributed by atoms with Gasteiger partial charge in [0.2, 0.25) is 0 Å². The molecular formula is C16H24N2O2S. The lowest BCUT2D eigenvalue weighted by atomic mass is 9.99. The number of nitrogens with zero attached hydrogens (tertiary/aromatic N) is 2. The maximum atomic E-state index is 6.28. The molecule has 3 atom stereocenters. The number of fused-ring (bicyclic) bond motifs is 1. The second-order valence-corrected chi connectivity index (χ2v) is 7.59. The van der Waals surface area contributed by atoms with Crippen LogP contribution < -0.4 is 0 Å². The van der Waals surface area contributed by atoms with Crippen LogP contribution in [0.4, 0.5) is 0 Å². The van der Waals surface area contributed by atoms with Gasteiger partial charge in [0.1, 0.15) is 5.01 Å². The van der Waals surface area contributed by atoms with E-state index in [2.05, 4.69) is 15.3 Å². The summed E-state index contributed by atoms with van der Waals surface area (Å²) in [5, 5.41) is 3.29. The predicted octanol–water partition coefficient (Wildman–Crippen LogP) is 2.69. The molecular weight excluding hydrogens is 284 g/mol. The molecule has 0 radical (unpaired) electrons. The number of rotatable bonds is 6. The highest BCUT2D eigenvalue weighted by Gasteiger charge is 2.40. The number of thiazole rings is 1. The van der Waals surface area contributed by atoms with Gasteiger partial charge in [0.25, 0.3) is 0 Å². The number of aromatic nitrogens is 1. The summed E-state index contributed by atoms with van der Waals surface area (Å²) in [4.78, 5) is 6.97. The van der Waals surface area contributed by atoms with Crippen molar-refractivity contribution in [1.29, 1.82) is 0 Å². The molecule has 1 aliphatic carbocycles. The van der Waals surface area contributed by atoms with Crippen molar-refractivity contribution in [2.45, 2.75) is 56.9 Å². The first kappa shape index (κ1) is 14.1. The van der Waals surface area contributed by atoms with E-state index in [1.54, 1.807) is 11.3 Å². The van der Waals surface area contributed by atoms with Crippen LogP contribution in [0.2, 0.25) is 0 Å². The van der Waals surface area contributed by atoms with E-state index in [0.717, 1.165) is 45.1 Å². The van der Waals surface area contributed by atoms with Gasteiger partial charge in [-0.2, -0.15) is 0 Å². The Morgan fingerprint density at radius 1 is 1.24 bits per heavy atom. The first-order valence-corrected chi connectivity index (χ1v) is 9.12. The van der Waals surface area contributed by atoms with Gasteiger partial charge in [-0.1, -0.05) is 0 Å². The lowest BCUT2D eigenvalue weighted by Gasteiger charge is -2.35. The fourth-order valence-corrected chi connectivity index (χ4v) is 4.20. The summed E-state index contributed by atoms with van der Waals surface area (Å²) >= 11 is 1.76. The first-order chi connectivity index (χ1) is 10.4. The standard InChI is InChI=1S/C16H24N2O2S/c1-2-12(1)10-19-11-13-3-4-14-15(20-13)5-7-18(14)9-16-17-6-8-21-16/h6,8,12-15H,1-5,7,9-11H2/t13?,14-,15-/m0/s1. The SMILES string of the molecule is c1csc(CN2CC[C@@H]3OC(COCC4CC4)CC[C@@H]32)n1. The highest BCUT2D eigenvalue weighted by Crippen LogP contribution is 2.33. The van der Waals surface area contributed by atoms with Gasteiger partial charge in [-0.25, -0.2) is 4.98 Å². The van der Waals surface area contributed by atoms with E-state index in [4.69, 9.17) is 9.47 Å². The predicted molar refractivity (Wildman–Crippen MR) is 82.4 cm³/mol. The molecule has 0 amide bonds. The van der Waals surface area contributed by atoms with Gasteiger partial charge in [-0.05, 0) is 38.0 Å². The summed E-state index contributed by atoms with van der Waals surface area (Å²) < 4.78 is 12.1. The molecule has 1 unspecified atom stereocenters. The minimum atomic E-state index is 0.324. The second-order valence-electron chi connectivity index (χ2n) is 6.61. The van der Waals surface area contributed by atoms with Crippen molar-refractivity contribution in [3.8, 4) is 0 Å². The molecule has 21 heavy (non-hydrogen) atoms. The smallest absolute Gasteiger partial charge is 0.107 e. The maximum absolute atomic E-state index is 6.28. The summed E-state index contributed by atoms with van der Waals surface area (Å²) in [5.41, 5.74) is 0. The number of likely N-dealkylation sites (tertiary alicyclic amines) is 1. The van der Waals surface area contributed by atoms with Crippen LogP contribution in [0, 0.1) is 5.92 Å². The molecule has 0 aromatic carbocycles. The summed E-state index contributed by atoms with van der Waals surface area (Å²) in [6.07, 6.45) is 8.91. The topological polar surface area (TPSA) is 34.6 Å². The molecule has 5 heteroatoms. The number of hydrogen-bond donors (Lipinski definition) is 0. The minimum absolute atomic E-state index is 0.324. The molecule has 4 rings (SSSR count). The zero-order valence-electron chi connectivity index (χ0n) is 12.4. The summed E-state index contributed by atoms with van der Waals surface area (Å²) in [5.74, 6) is 0.849. The van der Waals surface area contributed by atoms with E-state index >= 15 is 0 Å². The third-order valence-electron chi connectivity index (χ3n) is 4.93. The molecule has 1 saturated carbocycles. The van der Waals surface area contributed by atoms with Crippen LogP contribution in [-0.4, -0.2) is 47.9 Å². The van der Waals surface area contributed by atoms with Crippen molar-refractivity contribution in [3.63, 3.8) is 0 Å². The Labute approximate surface area is 130 Å². The Kier molecular flexibility index (Phi) is 4.25. The molecule has 3 fully saturated rings. The lowest BCUT2D eigenvalue weighted by molar-refractivity contribution is -0.101. The highest BCUT2D eigenvalue weighted by molar-refractivity contribution is 7.09. The number of hydrogen-bond acceptors (Lipinski definition) is 5. The van der Waals surface area contributed by atoms with Crippen LogP contribution in [0.1, 0.15) is 37.1 Å². The van der Waals surface area contributed by atoms with Crippen LogP contribution in [0.5, 0.6) is 0 Å². The normalized spacial score (nSPS) is 33.2. The van der Waals surface area contributed by atoms with E-state index in [1.807, 2.05) is 6.20 Å². The Morgan fingerprint density at radius 3 is 3.00 bits per heavy atom. The lowest BCUT2D eigenvalue weighted by Crippen LogP contribution is -2.43. The zero-order valence-corrected chi connectivity index (χ0v) is 13.3. The van der Waals surface area contributed by atoms with E-state index in [-0.39, 0.29) is 0 Å². The maximum Gasteiger partial charge on any atom is 0.107 e. The molecule has 4 nitrogen and oxygen atoms in total. The van der Waals surface area contributed by atoms with Crippen LogP contribution in [-0.2, 0) is 16.0 Å².